The summed E-state index contributed by atoms with van der Waals surface area (Å²) in [7, 11) is 2.42. The summed E-state index contributed by atoms with van der Waals surface area (Å²) in [5.74, 6) is 0. The second kappa shape index (κ2) is 2.77. The van der Waals surface area contributed by atoms with Gasteiger partial charge in [0.1, 0.15) is 0 Å². The van der Waals surface area contributed by atoms with Crippen LogP contribution in [-0.2, 0) is 8.85 Å². The van der Waals surface area contributed by atoms with Crippen molar-refractivity contribution in [2.75, 3.05) is 14.2 Å². The summed E-state index contributed by atoms with van der Waals surface area (Å²) in [4.78, 5) is 0. The minimum Gasteiger partial charge on any atom is -0.424 e. The highest BCUT2D eigenvalue weighted by Crippen LogP contribution is 2.19. The van der Waals surface area contributed by atoms with E-state index >= 15 is 0 Å². The molecule has 48 valence electrons. The molecule has 8 heavy (non-hydrogen) atoms. The van der Waals surface area contributed by atoms with Gasteiger partial charge >= 0.3 is 0 Å². The van der Waals surface area contributed by atoms with Gasteiger partial charge in [-0.15, -0.1) is 0 Å². The van der Waals surface area contributed by atoms with Gasteiger partial charge in [-0.25, -0.2) is 0 Å². The van der Waals surface area contributed by atoms with Crippen molar-refractivity contribution >= 4 is 18.1 Å². The third kappa shape index (κ3) is 1.19. The van der Waals surface area contributed by atoms with Crippen LogP contribution in [0.3, 0.4) is 0 Å². The van der Waals surface area contributed by atoms with Crippen LogP contribution in [0.25, 0.3) is 0 Å². The van der Waals surface area contributed by atoms with E-state index in [1.54, 1.807) is 0 Å². The Labute approximate surface area is 53.3 Å². The first-order valence-corrected chi connectivity index (χ1v) is 7.13. The van der Waals surface area contributed by atoms with E-state index in [1.807, 2.05) is 14.2 Å². The molecular weight excluding hydrogens is 136 g/mol. The molecule has 0 aromatic rings. The summed E-state index contributed by atoms with van der Waals surface area (Å²) in [5.41, 5.74) is 2.71. The molecule has 1 heterocycles. The van der Waals surface area contributed by atoms with Crippen LogP contribution in [0.2, 0.25) is 11.3 Å². The van der Waals surface area contributed by atoms with Crippen molar-refractivity contribution in [3.8, 4) is 0 Å². The molecule has 1 aliphatic rings. The first kappa shape index (κ1) is 6.47. The Morgan fingerprint density at radius 3 is 1.62 bits per heavy atom. The predicted octanol–water partition coefficient (Wildman–Crippen LogP) is -0.181. The zero-order valence-corrected chi connectivity index (χ0v) is 7.69. The highest BCUT2D eigenvalue weighted by molar-refractivity contribution is 6.89. The quantitative estimate of drug-likeness (QED) is 0.506. The monoisotopic (exact) mass is 148 g/mol. The van der Waals surface area contributed by atoms with Gasteiger partial charge in [0, 0.05) is 14.2 Å². The standard InChI is InChI=1S/C4H12O2Si2/c1-5-7-3-8(4-7)6-2/h7-8H,3-4H2,1-2H3. The highest BCUT2D eigenvalue weighted by Gasteiger charge is 2.32. The maximum absolute atomic E-state index is 5.21. The largest absolute Gasteiger partial charge is 0.424 e. The molecule has 0 N–H and O–H groups in total. The highest BCUT2D eigenvalue weighted by atomic mass is 28.4. The number of rotatable bonds is 2. The molecule has 1 rings (SSSR count). The Kier molecular flexibility index (Phi) is 2.24. The van der Waals surface area contributed by atoms with Gasteiger partial charge in [0.05, 0.1) is 0 Å². The van der Waals surface area contributed by atoms with Gasteiger partial charge in [-0.2, -0.15) is 0 Å². The predicted molar refractivity (Wildman–Crippen MR) is 37.9 cm³/mol. The fraction of sp³-hybridized carbons (Fsp3) is 1.00. The molecule has 4 heteroatoms. The van der Waals surface area contributed by atoms with Gasteiger partial charge in [-0.05, 0) is 11.3 Å². The van der Waals surface area contributed by atoms with E-state index in [0.717, 1.165) is 0 Å². The van der Waals surface area contributed by atoms with E-state index in [4.69, 9.17) is 8.85 Å². The minimum atomic E-state index is -0.619. The average molecular weight is 148 g/mol. The molecule has 0 aromatic carbocycles. The van der Waals surface area contributed by atoms with Crippen molar-refractivity contribution in [2.24, 2.45) is 0 Å². The molecule has 1 fully saturated rings. The van der Waals surface area contributed by atoms with Gasteiger partial charge < -0.3 is 8.85 Å². The zero-order chi connectivity index (χ0) is 5.98. The summed E-state index contributed by atoms with van der Waals surface area (Å²) in [6, 6.07) is 0. The van der Waals surface area contributed by atoms with E-state index in [2.05, 4.69) is 0 Å². The molecule has 0 saturated carbocycles. The third-order valence-corrected chi connectivity index (χ3v) is 11.5. The van der Waals surface area contributed by atoms with Crippen molar-refractivity contribution in [3.05, 3.63) is 0 Å². The molecule has 0 aliphatic carbocycles. The van der Waals surface area contributed by atoms with Crippen LogP contribution in [-0.4, -0.2) is 32.3 Å². The van der Waals surface area contributed by atoms with Crippen molar-refractivity contribution in [1.82, 2.24) is 0 Å². The van der Waals surface area contributed by atoms with Gasteiger partial charge in [0.2, 0.25) is 0 Å². The van der Waals surface area contributed by atoms with Gasteiger partial charge in [-0.3, -0.25) is 0 Å². The zero-order valence-electron chi connectivity index (χ0n) is 5.39. The molecule has 0 amide bonds. The van der Waals surface area contributed by atoms with Crippen LogP contribution >= 0.6 is 0 Å². The second-order valence-electron chi connectivity index (χ2n) is 2.19. The smallest absolute Gasteiger partial charge is 0.175 e. The summed E-state index contributed by atoms with van der Waals surface area (Å²) >= 11 is 0. The molecule has 1 saturated heterocycles. The Morgan fingerprint density at radius 2 is 1.38 bits per heavy atom. The Balaban J connectivity index is 2.03. The van der Waals surface area contributed by atoms with Crippen molar-refractivity contribution in [3.63, 3.8) is 0 Å². The van der Waals surface area contributed by atoms with Crippen LogP contribution in [0.15, 0.2) is 0 Å². The van der Waals surface area contributed by atoms with E-state index in [9.17, 15) is 0 Å². The third-order valence-electron chi connectivity index (χ3n) is 1.72. The van der Waals surface area contributed by atoms with Crippen molar-refractivity contribution < 1.29 is 8.85 Å². The molecular formula is C4H12O2Si2. The van der Waals surface area contributed by atoms with Crippen LogP contribution in [0.5, 0.6) is 0 Å². The lowest BCUT2D eigenvalue weighted by atomic mass is 11.7. The van der Waals surface area contributed by atoms with Crippen molar-refractivity contribution in [1.29, 1.82) is 0 Å². The van der Waals surface area contributed by atoms with E-state index in [1.165, 1.54) is 11.3 Å². The van der Waals surface area contributed by atoms with Crippen LogP contribution < -0.4 is 0 Å². The Bertz CT molecular complexity index is 64.4. The molecule has 0 aromatic heterocycles. The maximum Gasteiger partial charge on any atom is 0.175 e. The maximum atomic E-state index is 5.21. The SMILES string of the molecule is CO[SiH]1C[SiH](OC)C1. The van der Waals surface area contributed by atoms with Gasteiger partial charge in [0.25, 0.3) is 0 Å². The summed E-state index contributed by atoms with van der Waals surface area (Å²) < 4.78 is 10.4. The second-order valence-corrected chi connectivity index (χ2v) is 9.39. The van der Waals surface area contributed by atoms with Gasteiger partial charge in [0.15, 0.2) is 18.1 Å². The van der Waals surface area contributed by atoms with E-state index in [0.29, 0.717) is 0 Å². The van der Waals surface area contributed by atoms with Crippen LogP contribution in [0, 0.1) is 0 Å². The van der Waals surface area contributed by atoms with Crippen LogP contribution in [0.1, 0.15) is 0 Å². The van der Waals surface area contributed by atoms with E-state index in [-0.39, 0.29) is 0 Å². The summed E-state index contributed by atoms with van der Waals surface area (Å²) in [5, 5.41) is 0. The average Bonchev–Trinajstić information content (AvgIpc) is 1.65. The number of hydrogen-bond donors (Lipinski definition) is 0. The lowest BCUT2D eigenvalue weighted by molar-refractivity contribution is 0.388. The topological polar surface area (TPSA) is 18.5 Å². The molecule has 0 atom stereocenters. The summed E-state index contributed by atoms with van der Waals surface area (Å²) in [6.45, 7) is 0. The van der Waals surface area contributed by atoms with Crippen LogP contribution in [0.4, 0.5) is 0 Å². The Hall–Kier alpha value is 0.354. The fourth-order valence-corrected chi connectivity index (χ4v) is 8.12. The fourth-order valence-electron chi connectivity index (χ4n) is 0.902. The Morgan fingerprint density at radius 1 is 1.00 bits per heavy atom. The normalized spacial score (nSPS) is 36.8. The molecule has 0 unspecified atom stereocenters. The lowest BCUT2D eigenvalue weighted by Crippen LogP contribution is -2.42. The number of hydrogen-bond acceptors (Lipinski definition) is 2. The summed E-state index contributed by atoms with van der Waals surface area (Å²) in [6.07, 6.45) is 0. The molecule has 1 aliphatic heterocycles. The lowest BCUT2D eigenvalue weighted by Gasteiger charge is -2.29. The minimum absolute atomic E-state index is 0.619. The molecule has 2 nitrogen and oxygen atoms in total. The van der Waals surface area contributed by atoms with Crippen molar-refractivity contribution in [2.45, 2.75) is 11.3 Å². The molecule has 0 spiro atoms. The van der Waals surface area contributed by atoms with E-state index < -0.39 is 18.1 Å². The van der Waals surface area contributed by atoms with Gasteiger partial charge in [-0.1, -0.05) is 0 Å². The molecule has 0 bridgehead atoms. The first-order chi connectivity index (χ1) is 3.86. The first-order valence-electron chi connectivity index (χ1n) is 2.92. The molecule has 0 radical (unpaired) electrons.